The number of carbonyl (C=O) groups is 1. The summed E-state index contributed by atoms with van der Waals surface area (Å²) in [4.78, 5) is 28.0. The molecular weight excluding hydrogens is 530 g/mol. The van der Waals surface area contributed by atoms with E-state index in [9.17, 15) is 13.6 Å². The molecule has 2 aromatic carbocycles. The number of halogens is 2. The molecule has 39 heavy (non-hydrogen) atoms. The van der Waals surface area contributed by atoms with Gasteiger partial charge in [0.1, 0.15) is 12.1 Å². The highest BCUT2D eigenvalue weighted by atomic mass is 32.1. The summed E-state index contributed by atoms with van der Waals surface area (Å²) in [5, 5.41) is 15.7. The molecular formula is C26H28F2N6O4S. The Balaban J connectivity index is 1.42. The van der Waals surface area contributed by atoms with Crippen LogP contribution in [0, 0.1) is 11.6 Å². The summed E-state index contributed by atoms with van der Waals surface area (Å²) >= 11 is 1.23. The van der Waals surface area contributed by atoms with Crippen LogP contribution in [0.1, 0.15) is 11.3 Å². The van der Waals surface area contributed by atoms with Crippen LogP contribution >= 0.6 is 11.3 Å². The van der Waals surface area contributed by atoms with Crippen molar-refractivity contribution < 1.29 is 28.2 Å². The van der Waals surface area contributed by atoms with Crippen LogP contribution in [0.25, 0.3) is 10.9 Å². The van der Waals surface area contributed by atoms with Crippen LogP contribution in [-0.2, 0) is 11.2 Å². The Morgan fingerprint density at radius 3 is 2.79 bits per heavy atom. The van der Waals surface area contributed by atoms with E-state index in [1.165, 1.54) is 36.0 Å². The van der Waals surface area contributed by atoms with Crippen molar-refractivity contribution in [2.45, 2.75) is 12.8 Å². The molecule has 0 aliphatic heterocycles. The number of ether oxygens (including phenoxy) is 2. The van der Waals surface area contributed by atoms with E-state index in [1.54, 1.807) is 19.2 Å². The number of anilines is 3. The van der Waals surface area contributed by atoms with Crippen molar-refractivity contribution in [2.24, 2.45) is 0 Å². The lowest BCUT2D eigenvalue weighted by Crippen LogP contribution is -2.24. The zero-order valence-electron chi connectivity index (χ0n) is 21.4. The van der Waals surface area contributed by atoms with Gasteiger partial charge >= 0.3 is 0 Å². The number of carbonyl (C=O) groups excluding carboxylic acids is 1. The Labute approximate surface area is 227 Å². The van der Waals surface area contributed by atoms with Crippen LogP contribution in [0.5, 0.6) is 11.5 Å². The van der Waals surface area contributed by atoms with Crippen LogP contribution in [0.4, 0.5) is 25.4 Å². The van der Waals surface area contributed by atoms with E-state index in [2.05, 4.69) is 25.6 Å². The zero-order valence-corrected chi connectivity index (χ0v) is 22.2. The molecule has 10 nitrogen and oxygen atoms in total. The van der Waals surface area contributed by atoms with Gasteiger partial charge in [-0.25, -0.2) is 23.7 Å². The Kier molecular flexibility index (Phi) is 9.52. The Hall–Kier alpha value is -3.94. The van der Waals surface area contributed by atoms with Gasteiger partial charge in [0.05, 0.1) is 37.9 Å². The molecule has 0 atom stereocenters. The van der Waals surface area contributed by atoms with Crippen molar-refractivity contribution in [3.8, 4) is 11.5 Å². The third-order valence-corrected chi connectivity index (χ3v) is 6.60. The largest absolute Gasteiger partial charge is 0.493 e. The van der Waals surface area contributed by atoms with Gasteiger partial charge in [0.2, 0.25) is 5.91 Å². The van der Waals surface area contributed by atoms with Crippen LogP contribution in [0.2, 0.25) is 0 Å². The normalized spacial score (nSPS) is 11.1. The maximum Gasteiger partial charge on any atom is 0.229 e. The Bertz CT molecular complexity index is 1440. The number of methoxy groups -OCH3 is 1. The number of benzene rings is 2. The summed E-state index contributed by atoms with van der Waals surface area (Å²) in [5.74, 6) is -1.08. The summed E-state index contributed by atoms with van der Waals surface area (Å²) in [5.41, 5.74) is 0.413. The van der Waals surface area contributed by atoms with Gasteiger partial charge in [-0.2, -0.15) is 0 Å². The highest BCUT2D eigenvalue weighted by molar-refractivity contribution is 7.15. The number of fused-ring (bicyclic) bond motifs is 1. The first-order chi connectivity index (χ1) is 18.9. The van der Waals surface area contributed by atoms with Gasteiger partial charge < -0.3 is 30.1 Å². The van der Waals surface area contributed by atoms with Crippen molar-refractivity contribution in [1.82, 2.24) is 19.9 Å². The number of amides is 1. The highest BCUT2D eigenvalue weighted by Crippen LogP contribution is 2.35. The fourth-order valence-electron chi connectivity index (χ4n) is 3.74. The quantitative estimate of drug-likeness (QED) is 0.209. The van der Waals surface area contributed by atoms with E-state index in [4.69, 9.17) is 14.6 Å². The van der Waals surface area contributed by atoms with Crippen LogP contribution < -0.4 is 20.1 Å². The van der Waals surface area contributed by atoms with E-state index >= 15 is 0 Å². The number of aliphatic hydroxyl groups is 1. The van der Waals surface area contributed by atoms with Crippen molar-refractivity contribution in [3.63, 3.8) is 0 Å². The minimum atomic E-state index is -1.11. The number of aliphatic hydroxyl groups excluding tert-OH is 1. The lowest BCUT2D eigenvalue weighted by atomic mass is 10.2. The second kappa shape index (κ2) is 13.2. The lowest BCUT2D eigenvalue weighted by molar-refractivity contribution is -0.115. The summed E-state index contributed by atoms with van der Waals surface area (Å²) < 4.78 is 38.7. The third-order valence-electron chi connectivity index (χ3n) is 5.68. The predicted molar refractivity (Wildman–Crippen MR) is 145 cm³/mol. The SMILES string of the molecule is COc1cc2c(Nc3ncc(CC(=O)Nc4cccc(F)c4F)s3)ncnc2cc1OCCCN(C)CCO. The van der Waals surface area contributed by atoms with Crippen LogP contribution in [0.15, 0.2) is 42.9 Å². The minimum absolute atomic E-state index is 0.0653. The minimum Gasteiger partial charge on any atom is -0.493 e. The molecule has 4 rings (SSSR count). The molecule has 0 aliphatic rings. The molecule has 0 radical (unpaired) electrons. The van der Waals surface area contributed by atoms with Crippen molar-refractivity contribution in [3.05, 3.63) is 59.4 Å². The zero-order chi connectivity index (χ0) is 27.8. The van der Waals surface area contributed by atoms with Gasteiger partial charge in [-0.05, 0) is 31.7 Å². The second-order valence-corrected chi connectivity index (χ2v) is 9.67. The van der Waals surface area contributed by atoms with Crippen LogP contribution in [0.3, 0.4) is 0 Å². The summed E-state index contributed by atoms with van der Waals surface area (Å²) in [6.45, 7) is 1.97. The molecule has 2 heterocycles. The highest BCUT2D eigenvalue weighted by Gasteiger charge is 2.15. The van der Waals surface area contributed by atoms with Crippen molar-refractivity contribution in [2.75, 3.05) is 51.1 Å². The number of nitrogens with one attached hydrogen (secondary N) is 2. The molecule has 206 valence electrons. The smallest absolute Gasteiger partial charge is 0.229 e. The number of thiazole rings is 1. The van der Waals surface area contributed by atoms with Crippen molar-refractivity contribution in [1.29, 1.82) is 0 Å². The molecule has 0 spiro atoms. The first kappa shape index (κ1) is 28.1. The Morgan fingerprint density at radius 2 is 2.00 bits per heavy atom. The number of likely N-dealkylation sites (N-methyl/N-ethyl adjacent to an activating group) is 1. The molecule has 1 amide bonds. The fourth-order valence-corrected chi connectivity index (χ4v) is 4.55. The lowest BCUT2D eigenvalue weighted by Gasteiger charge is -2.16. The number of rotatable bonds is 13. The van der Waals surface area contributed by atoms with Gasteiger partial charge in [-0.1, -0.05) is 6.07 Å². The third kappa shape index (κ3) is 7.34. The van der Waals surface area contributed by atoms with Crippen molar-refractivity contribution >= 4 is 44.8 Å². The summed E-state index contributed by atoms with van der Waals surface area (Å²) in [7, 11) is 3.49. The molecule has 0 saturated carbocycles. The maximum absolute atomic E-state index is 13.8. The molecule has 3 N–H and O–H groups in total. The molecule has 0 fully saturated rings. The van der Waals surface area contributed by atoms with E-state index in [-0.39, 0.29) is 18.7 Å². The van der Waals surface area contributed by atoms with Gasteiger partial charge in [-0.15, -0.1) is 11.3 Å². The molecule has 2 aromatic heterocycles. The van der Waals surface area contributed by atoms with Gasteiger partial charge in [0.25, 0.3) is 0 Å². The first-order valence-corrected chi connectivity index (χ1v) is 12.9. The average molecular weight is 559 g/mol. The fraction of sp³-hybridized carbons (Fsp3) is 0.308. The summed E-state index contributed by atoms with van der Waals surface area (Å²) in [6.07, 6.45) is 3.66. The van der Waals surface area contributed by atoms with Gasteiger partial charge in [0.15, 0.2) is 28.3 Å². The molecule has 13 heteroatoms. The molecule has 4 aromatic rings. The topological polar surface area (TPSA) is 122 Å². The van der Waals surface area contributed by atoms with E-state index < -0.39 is 17.5 Å². The maximum atomic E-state index is 13.8. The van der Waals surface area contributed by atoms with Gasteiger partial charge in [0, 0.05) is 35.6 Å². The van der Waals surface area contributed by atoms with Crippen LogP contribution in [-0.4, -0.2) is 71.3 Å². The predicted octanol–water partition coefficient (Wildman–Crippen LogP) is 3.99. The average Bonchev–Trinajstić information content (AvgIpc) is 3.35. The van der Waals surface area contributed by atoms with E-state index in [1.807, 2.05) is 11.9 Å². The van der Waals surface area contributed by atoms with E-state index in [0.29, 0.717) is 51.4 Å². The molecule has 0 saturated heterocycles. The number of nitrogens with zero attached hydrogens (tertiary/aromatic N) is 4. The molecule has 0 unspecified atom stereocenters. The summed E-state index contributed by atoms with van der Waals surface area (Å²) in [6, 6.07) is 7.15. The monoisotopic (exact) mass is 558 g/mol. The first-order valence-electron chi connectivity index (χ1n) is 12.1. The number of hydrogen-bond acceptors (Lipinski definition) is 10. The van der Waals surface area contributed by atoms with E-state index in [0.717, 1.165) is 19.0 Å². The Morgan fingerprint density at radius 1 is 1.15 bits per heavy atom. The molecule has 0 aliphatic carbocycles. The standard InChI is InChI=1S/C26H28F2N6O4S/c1-34(8-9-35)7-4-10-38-22-13-20-17(12-21(22)37-2)25(31-15-30-20)33-26-29-14-16(39-26)11-23(36)32-19-6-3-5-18(27)24(19)28/h3,5-6,12-15,35H,4,7-11H2,1-2H3,(H,32,36)(H,29,30,31,33). The van der Waals surface area contributed by atoms with Gasteiger partial charge in [-0.3, -0.25) is 4.79 Å². The number of hydrogen-bond donors (Lipinski definition) is 3. The molecule has 0 bridgehead atoms. The second-order valence-electron chi connectivity index (χ2n) is 8.55. The number of aromatic nitrogens is 3.